The minimum Gasteiger partial charge on any atom is -0.319 e. The van der Waals surface area contributed by atoms with Crippen molar-refractivity contribution in [3.05, 3.63) is 68.3 Å². The van der Waals surface area contributed by atoms with Crippen LogP contribution < -0.4 is 10.6 Å². The first-order valence-corrected chi connectivity index (χ1v) is 10.6. The van der Waals surface area contributed by atoms with Gasteiger partial charge in [-0.1, -0.05) is 0 Å². The summed E-state index contributed by atoms with van der Waals surface area (Å²) in [6.07, 6.45) is 0.829. The van der Waals surface area contributed by atoms with Gasteiger partial charge in [0.2, 0.25) is 0 Å². The van der Waals surface area contributed by atoms with Crippen LogP contribution in [0.25, 0.3) is 0 Å². The lowest BCUT2D eigenvalue weighted by molar-refractivity contribution is 0.102. The van der Waals surface area contributed by atoms with Crippen LogP contribution in [0.5, 0.6) is 0 Å². The number of carbonyl (C=O) groups excluding carboxylic acids is 2. The zero-order valence-corrected chi connectivity index (χ0v) is 16.7. The average molecular weight is 416 g/mol. The molecule has 4 rings (SSSR count). The number of benzene rings is 1. The summed E-state index contributed by atoms with van der Waals surface area (Å²) in [6, 6.07) is 7.61. The van der Waals surface area contributed by atoms with Crippen LogP contribution in [-0.4, -0.2) is 23.4 Å². The molecule has 1 aliphatic rings. The van der Waals surface area contributed by atoms with Crippen molar-refractivity contribution in [3.8, 4) is 0 Å². The topological polar surface area (TPSA) is 61.4 Å². The van der Waals surface area contributed by atoms with Gasteiger partial charge >= 0.3 is 6.03 Å². The van der Waals surface area contributed by atoms with Gasteiger partial charge in [-0.2, -0.15) is 11.3 Å². The number of anilines is 2. The van der Waals surface area contributed by atoms with Gasteiger partial charge in [0.05, 0.1) is 17.3 Å². The SMILES string of the molecule is C[C@H]1c2ccsc2CCN1C(=O)Nc1ccc(F)c(NC(=O)c2ccsc2)c1. The van der Waals surface area contributed by atoms with Crippen molar-refractivity contribution in [2.45, 2.75) is 19.4 Å². The zero-order valence-electron chi connectivity index (χ0n) is 15.1. The van der Waals surface area contributed by atoms with E-state index in [1.54, 1.807) is 33.1 Å². The molecule has 0 saturated carbocycles. The Bertz CT molecular complexity index is 1020. The fourth-order valence-electron chi connectivity index (χ4n) is 3.27. The number of carbonyl (C=O) groups is 2. The van der Waals surface area contributed by atoms with Crippen LogP contribution in [0.1, 0.15) is 33.8 Å². The van der Waals surface area contributed by atoms with Crippen molar-refractivity contribution in [2.24, 2.45) is 0 Å². The van der Waals surface area contributed by atoms with Gasteiger partial charge < -0.3 is 15.5 Å². The average Bonchev–Trinajstić information content (AvgIpc) is 3.36. The summed E-state index contributed by atoms with van der Waals surface area (Å²) < 4.78 is 14.1. The van der Waals surface area contributed by atoms with E-state index in [0.717, 1.165) is 6.42 Å². The van der Waals surface area contributed by atoms with Crippen LogP contribution in [0, 0.1) is 5.82 Å². The standard InChI is InChI=1S/C20H18FN3O2S2/c1-12-15-6-9-28-18(15)4-7-24(12)20(26)22-14-2-3-16(21)17(10-14)23-19(25)13-5-8-27-11-13/h2-3,5-6,8-12H,4,7H2,1H3,(H,22,26)(H,23,25)/t12-/m0/s1. The number of halogens is 1. The Kier molecular flexibility index (Phi) is 5.15. The highest BCUT2D eigenvalue weighted by Gasteiger charge is 2.28. The molecule has 1 aromatic carbocycles. The highest BCUT2D eigenvalue weighted by atomic mass is 32.1. The molecular formula is C20H18FN3O2S2. The summed E-state index contributed by atoms with van der Waals surface area (Å²) in [5.74, 6) is -0.950. The van der Waals surface area contributed by atoms with E-state index in [9.17, 15) is 14.0 Å². The van der Waals surface area contributed by atoms with E-state index in [2.05, 4.69) is 16.7 Å². The van der Waals surface area contributed by atoms with Crippen molar-refractivity contribution in [1.29, 1.82) is 0 Å². The van der Waals surface area contributed by atoms with Crippen molar-refractivity contribution < 1.29 is 14.0 Å². The number of fused-ring (bicyclic) bond motifs is 1. The van der Waals surface area contributed by atoms with Crippen LogP contribution in [-0.2, 0) is 6.42 Å². The van der Waals surface area contributed by atoms with Gasteiger partial charge in [-0.05, 0) is 60.0 Å². The lowest BCUT2D eigenvalue weighted by atomic mass is 10.0. The van der Waals surface area contributed by atoms with Crippen LogP contribution in [0.4, 0.5) is 20.6 Å². The van der Waals surface area contributed by atoms with Gasteiger partial charge in [0.1, 0.15) is 5.82 Å². The molecule has 0 fully saturated rings. The van der Waals surface area contributed by atoms with Crippen molar-refractivity contribution in [1.82, 2.24) is 4.90 Å². The van der Waals surface area contributed by atoms with Crippen LogP contribution in [0.3, 0.4) is 0 Å². The monoisotopic (exact) mass is 415 g/mol. The molecule has 28 heavy (non-hydrogen) atoms. The molecule has 0 unspecified atom stereocenters. The molecule has 0 bridgehead atoms. The summed E-state index contributed by atoms with van der Waals surface area (Å²) in [6.45, 7) is 2.63. The predicted molar refractivity (Wildman–Crippen MR) is 111 cm³/mol. The molecule has 0 aliphatic carbocycles. The maximum atomic E-state index is 14.1. The van der Waals surface area contributed by atoms with Gasteiger partial charge in [0, 0.05) is 22.5 Å². The Balaban J connectivity index is 1.48. The molecule has 2 N–H and O–H groups in total. The van der Waals surface area contributed by atoms with Crippen molar-refractivity contribution >= 4 is 46.0 Å². The second-order valence-corrected chi connectivity index (χ2v) is 8.29. The van der Waals surface area contributed by atoms with Crippen LogP contribution in [0.2, 0.25) is 0 Å². The lowest BCUT2D eigenvalue weighted by Crippen LogP contribution is -2.40. The number of rotatable bonds is 3. The second-order valence-electron chi connectivity index (χ2n) is 6.51. The Morgan fingerprint density at radius 2 is 2.04 bits per heavy atom. The molecule has 3 aromatic rings. The summed E-state index contributed by atoms with van der Waals surface area (Å²) in [5.41, 5.74) is 2.10. The third-order valence-corrected chi connectivity index (χ3v) is 6.47. The Morgan fingerprint density at radius 1 is 1.18 bits per heavy atom. The first kappa shape index (κ1) is 18.6. The molecule has 0 spiro atoms. The summed E-state index contributed by atoms with van der Waals surface area (Å²) in [5, 5.41) is 10.9. The van der Waals surface area contributed by atoms with E-state index < -0.39 is 11.7 Å². The Hall–Kier alpha value is -2.71. The highest BCUT2D eigenvalue weighted by molar-refractivity contribution is 7.10. The van der Waals surface area contributed by atoms with Gasteiger partial charge in [-0.15, -0.1) is 11.3 Å². The molecular weight excluding hydrogens is 397 g/mol. The molecule has 8 heteroatoms. The summed E-state index contributed by atoms with van der Waals surface area (Å²) in [4.78, 5) is 28.0. The molecule has 3 heterocycles. The third-order valence-electron chi connectivity index (χ3n) is 4.79. The zero-order chi connectivity index (χ0) is 19.7. The van der Waals surface area contributed by atoms with Crippen molar-refractivity contribution in [3.63, 3.8) is 0 Å². The molecule has 3 amide bonds. The Morgan fingerprint density at radius 3 is 2.82 bits per heavy atom. The maximum absolute atomic E-state index is 14.1. The fraction of sp³-hybridized carbons (Fsp3) is 0.200. The number of nitrogens with zero attached hydrogens (tertiary/aromatic N) is 1. The van der Waals surface area contributed by atoms with Gasteiger partial charge in [0.15, 0.2) is 0 Å². The third kappa shape index (κ3) is 3.65. The smallest absolute Gasteiger partial charge is 0.319 e. The van der Waals surface area contributed by atoms with E-state index in [4.69, 9.17) is 0 Å². The maximum Gasteiger partial charge on any atom is 0.322 e. The molecule has 1 aliphatic heterocycles. The largest absolute Gasteiger partial charge is 0.322 e. The van der Waals surface area contributed by atoms with Crippen LogP contribution in [0.15, 0.2) is 46.5 Å². The second kappa shape index (κ2) is 7.73. The molecule has 144 valence electrons. The molecule has 5 nitrogen and oxygen atoms in total. The summed E-state index contributed by atoms with van der Waals surface area (Å²) in [7, 11) is 0. The van der Waals surface area contributed by atoms with Crippen molar-refractivity contribution in [2.75, 3.05) is 17.2 Å². The molecule has 0 saturated heterocycles. The van der Waals surface area contributed by atoms with E-state index in [0.29, 0.717) is 17.8 Å². The van der Waals surface area contributed by atoms with Gasteiger partial charge in [0.25, 0.3) is 5.91 Å². The number of hydrogen-bond acceptors (Lipinski definition) is 4. The molecule has 0 radical (unpaired) electrons. The van der Waals surface area contributed by atoms with Gasteiger partial charge in [-0.3, -0.25) is 4.79 Å². The number of nitrogens with one attached hydrogen (secondary N) is 2. The number of hydrogen-bond donors (Lipinski definition) is 2. The van der Waals surface area contributed by atoms with Crippen LogP contribution >= 0.6 is 22.7 Å². The summed E-state index contributed by atoms with van der Waals surface area (Å²) >= 11 is 3.11. The number of thiophene rings is 2. The van der Waals surface area contributed by atoms with Gasteiger partial charge in [-0.25, -0.2) is 9.18 Å². The molecule has 2 aromatic heterocycles. The van der Waals surface area contributed by atoms with E-state index in [-0.39, 0.29) is 17.8 Å². The first-order chi connectivity index (χ1) is 13.5. The number of amides is 3. The minimum atomic E-state index is -0.559. The van der Waals surface area contributed by atoms with E-state index in [1.807, 2.05) is 12.3 Å². The predicted octanol–water partition coefficient (Wildman–Crippen LogP) is 5.35. The number of urea groups is 1. The lowest BCUT2D eigenvalue weighted by Gasteiger charge is -2.33. The molecule has 1 atom stereocenters. The van der Waals surface area contributed by atoms with E-state index >= 15 is 0 Å². The first-order valence-electron chi connectivity index (χ1n) is 8.80. The normalized spacial score (nSPS) is 15.8. The Labute approximate surface area is 169 Å². The highest BCUT2D eigenvalue weighted by Crippen LogP contribution is 2.33. The van der Waals surface area contributed by atoms with E-state index in [1.165, 1.54) is 40.0 Å². The quantitative estimate of drug-likeness (QED) is 0.606. The fourth-order valence-corrected chi connectivity index (χ4v) is 4.87. The minimum absolute atomic E-state index is 0.0202.